The second-order valence-corrected chi connectivity index (χ2v) is 3.91. The van der Waals surface area contributed by atoms with E-state index in [2.05, 4.69) is 20.5 Å². The Balaban J connectivity index is 2.25. The van der Waals surface area contributed by atoms with Gasteiger partial charge in [-0.2, -0.15) is 0 Å². The summed E-state index contributed by atoms with van der Waals surface area (Å²) >= 11 is 1.28. The summed E-state index contributed by atoms with van der Waals surface area (Å²) in [6.45, 7) is 0. The summed E-state index contributed by atoms with van der Waals surface area (Å²) in [5, 5.41) is 20.3. The standard InChI is InChI=1S/C8H7N5O2S/c1-13-8(10-11-12-13)16-5-2-3-9-6(4-5)7(14)15/h2-4H,1H3,(H,14,15). The first-order valence-electron chi connectivity index (χ1n) is 4.26. The van der Waals surface area contributed by atoms with Gasteiger partial charge in [-0.15, -0.1) is 5.10 Å². The molecule has 0 aliphatic carbocycles. The van der Waals surface area contributed by atoms with Crippen LogP contribution in [0.3, 0.4) is 0 Å². The average Bonchev–Trinajstić information content (AvgIpc) is 2.65. The third-order valence-electron chi connectivity index (χ3n) is 1.74. The molecular weight excluding hydrogens is 230 g/mol. The van der Waals surface area contributed by atoms with Gasteiger partial charge in [-0.3, -0.25) is 0 Å². The van der Waals surface area contributed by atoms with Crippen molar-refractivity contribution in [2.45, 2.75) is 10.1 Å². The van der Waals surface area contributed by atoms with Crippen LogP contribution in [0.5, 0.6) is 0 Å². The number of aromatic carboxylic acids is 1. The van der Waals surface area contributed by atoms with E-state index in [-0.39, 0.29) is 5.69 Å². The lowest BCUT2D eigenvalue weighted by Crippen LogP contribution is -1.99. The summed E-state index contributed by atoms with van der Waals surface area (Å²) in [6, 6.07) is 3.17. The Kier molecular flexibility index (Phi) is 2.82. The highest BCUT2D eigenvalue weighted by Crippen LogP contribution is 2.24. The Bertz CT molecular complexity index is 527. The molecular formula is C8H7N5O2S. The van der Waals surface area contributed by atoms with Gasteiger partial charge in [0.15, 0.2) is 0 Å². The number of tetrazole rings is 1. The molecule has 0 spiro atoms. The normalized spacial score (nSPS) is 10.3. The topological polar surface area (TPSA) is 93.8 Å². The summed E-state index contributed by atoms with van der Waals surface area (Å²) in [4.78, 5) is 15.2. The minimum Gasteiger partial charge on any atom is -0.477 e. The van der Waals surface area contributed by atoms with E-state index in [0.29, 0.717) is 5.16 Å². The molecule has 0 bridgehead atoms. The van der Waals surface area contributed by atoms with Gasteiger partial charge in [-0.25, -0.2) is 14.5 Å². The van der Waals surface area contributed by atoms with Gasteiger partial charge in [-0.1, -0.05) is 0 Å². The summed E-state index contributed by atoms with van der Waals surface area (Å²) in [5.74, 6) is -1.06. The molecule has 82 valence electrons. The molecule has 0 amide bonds. The zero-order valence-corrected chi connectivity index (χ0v) is 9.05. The summed E-state index contributed by atoms with van der Waals surface area (Å²) in [7, 11) is 1.71. The van der Waals surface area contributed by atoms with Crippen LogP contribution < -0.4 is 0 Å². The van der Waals surface area contributed by atoms with Crippen molar-refractivity contribution in [3.63, 3.8) is 0 Å². The second kappa shape index (κ2) is 4.27. The van der Waals surface area contributed by atoms with Crippen molar-refractivity contribution in [3.8, 4) is 0 Å². The van der Waals surface area contributed by atoms with Gasteiger partial charge in [-0.05, 0) is 34.3 Å². The zero-order valence-electron chi connectivity index (χ0n) is 8.23. The number of carboxylic acid groups (broad SMARTS) is 1. The van der Waals surface area contributed by atoms with E-state index >= 15 is 0 Å². The largest absolute Gasteiger partial charge is 0.477 e. The number of hydrogen-bond acceptors (Lipinski definition) is 6. The lowest BCUT2D eigenvalue weighted by molar-refractivity contribution is 0.0690. The van der Waals surface area contributed by atoms with Crippen molar-refractivity contribution in [2.24, 2.45) is 7.05 Å². The maximum atomic E-state index is 10.7. The Hall–Kier alpha value is -1.96. The molecule has 1 N–H and O–H groups in total. The van der Waals surface area contributed by atoms with E-state index in [9.17, 15) is 4.79 Å². The highest BCUT2D eigenvalue weighted by molar-refractivity contribution is 7.99. The van der Waals surface area contributed by atoms with Crippen LogP contribution in [0.4, 0.5) is 0 Å². The maximum Gasteiger partial charge on any atom is 0.354 e. The van der Waals surface area contributed by atoms with E-state index in [0.717, 1.165) is 4.90 Å². The fourth-order valence-electron chi connectivity index (χ4n) is 1.00. The van der Waals surface area contributed by atoms with Gasteiger partial charge in [0.2, 0.25) is 5.16 Å². The number of rotatable bonds is 3. The average molecular weight is 237 g/mol. The molecule has 2 aromatic heterocycles. The summed E-state index contributed by atoms with van der Waals surface area (Å²) in [6.07, 6.45) is 1.44. The molecule has 0 saturated heterocycles. The molecule has 7 nitrogen and oxygen atoms in total. The molecule has 0 atom stereocenters. The molecule has 0 aliphatic rings. The van der Waals surface area contributed by atoms with E-state index < -0.39 is 5.97 Å². The molecule has 2 rings (SSSR count). The fourth-order valence-corrected chi connectivity index (χ4v) is 1.76. The molecule has 0 aromatic carbocycles. The number of pyridine rings is 1. The van der Waals surface area contributed by atoms with E-state index in [1.54, 1.807) is 13.1 Å². The minimum atomic E-state index is -1.06. The van der Waals surface area contributed by atoms with Crippen molar-refractivity contribution >= 4 is 17.7 Å². The van der Waals surface area contributed by atoms with E-state index in [1.807, 2.05) is 0 Å². The van der Waals surface area contributed by atoms with Crippen LogP contribution in [-0.2, 0) is 7.05 Å². The molecule has 0 saturated carbocycles. The molecule has 2 heterocycles. The van der Waals surface area contributed by atoms with Crippen molar-refractivity contribution in [2.75, 3.05) is 0 Å². The predicted octanol–water partition coefficient (Wildman–Crippen LogP) is 0.454. The monoisotopic (exact) mass is 237 g/mol. The van der Waals surface area contributed by atoms with Gasteiger partial charge in [0.25, 0.3) is 0 Å². The van der Waals surface area contributed by atoms with Crippen molar-refractivity contribution in [3.05, 3.63) is 24.0 Å². The van der Waals surface area contributed by atoms with Gasteiger partial charge in [0, 0.05) is 18.1 Å². The number of nitrogens with zero attached hydrogens (tertiary/aromatic N) is 5. The van der Waals surface area contributed by atoms with Crippen LogP contribution in [-0.4, -0.2) is 36.3 Å². The number of aryl methyl sites for hydroxylation is 1. The molecule has 8 heteroatoms. The van der Waals surface area contributed by atoms with Crippen LogP contribution in [0, 0.1) is 0 Å². The number of hydrogen-bond donors (Lipinski definition) is 1. The van der Waals surface area contributed by atoms with Gasteiger partial charge >= 0.3 is 5.97 Å². The van der Waals surface area contributed by atoms with Crippen LogP contribution >= 0.6 is 11.8 Å². The minimum absolute atomic E-state index is 0.000118. The quantitative estimate of drug-likeness (QED) is 0.828. The first-order valence-corrected chi connectivity index (χ1v) is 5.08. The van der Waals surface area contributed by atoms with Crippen LogP contribution in [0.25, 0.3) is 0 Å². The van der Waals surface area contributed by atoms with Crippen LogP contribution in [0.1, 0.15) is 10.5 Å². The van der Waals surface area contributed by atoms with Gasteiger partial charge in [0.1, 0.15) is 5.69 Å². The molecule has 0 radical (unpaired) electrons. The molecule has 2 aromatic rings. The second-order valence-electron chi connectivity index (χ2n) is 2.87. The molecule has 0 fully saturated rings. The first-order chi connectivity index (χ1) is 7.66. The summed E-state index contributed by atoms with van der Waals surface area (Å²) < 4.78 is 1.51. The van der Waals surface area contributed by atoms with Crippen LogP contribution in [0.2, 0.25) is 0 Å². The third-order valence-corrected chi connectivity index (χ3v) is 2.76. The van der Waals surface area contributed by atoms with Gasteiger partial charge in [0.05, 0.1) is 0 Å². The van der Waals surface area contributed by atoms with Gasteiger partial charge < -0.3 is 5.11 Å². The fraction of sp³-hybridized carbons (Fsp3) is 0.125. The Morgan fingerprint density at radius 1 is 1.56 bits per heavy atom. The van der Waals surface area contributed by atoms with E-state index in [4.69, 9.17) is 5.11 Å². The summed E-state index contributed by atoms with van der Waals surface area (Å²) in [5.41, 5.74) is 0.000118. The smallest absolute Gasteiger partial charge is 0.354 e. The zero-order chi connectivity index (χ0) is 11.5. The predicted molar refractivity (Wildman–Crippen MR) is 54.1 cm³/mol. The number of carbonyl (C=O) groups is 1. The lowest BCUT2D eigenvalue weighted by atomic mass is 10.4. The number of carboxylic acids is 1. The van der Waals surface area contributed by atoms with Crippen molar-refractivity contribution in [1.29, 1.82) is 0 Å². The Labute approximate surface area is 94.5 Å². The third kappa shape index (κ3) is 2.16. The van der Waals surface area contributed by atoms with Crippen molar-refractivity contribution < 1.29 is 9.90 Å². The number of aromatic nitrogens is 5. The lowest BCUT2D eigenvalue weighted by Gasteiger charge is -1.99. The highest BCUT2D eigenvalue weighted by atomic mass is 32.2. The Morgan fingerprint density at radius 3 is 3.00 bits per heavy atom. The van der Waals surface area contributed by atoms with E-state index in [1.165, 1.54) is 28.7 Å². The molecule has 0 unspecified atom stereocenters. The molecule has 16 heavy (non-hydrogen) atoms. The SMILES string of the molecule is Cn1nnnc1Sc1ccnc(C(=O)O)c1. The highest BCUT2D eigenvalue weighted by Gasteiger charge is 2.08. The van der Waals surface area contributed by atoms with Crippen molar-refractivity contribution in [1.82, 2.24) is 25.2 Å². The van der Waals surface area contributed by atoms with Crippen LogP contribution in [0.15, 0.2) is 28.4 Å². The maximum absolute atomic E-state index is 10.7. The molecule has 0 aliphatic heterocycles. The Morgan fingerprint density at radius 2 is 2.38 bits per heavy atom. The first kappa shape index (κ1) is 10.6.